The Morgan fingerprint density at radius 2 is 1.76 bits per heavy atom. The number of aliphatic carboxylic acids is 1. The van der Waals surface area contributed by atoms with E-state index in [0.29, 0.717) is 12.0 Å². The molecule has 0 saturated carbocycles. The molecule has 0 radical (unpaired) electrons. The molecule has 0 aromatic heterocycles. The first-order valence-electron chi connectivity index (χ1n) is 9.61. The third-order valence-corrected chi connectivity index (χ3v) is 5.38. The lowest BCUT2D eigenvalue weighted by Crippen LogP contribution is -2.63. The van der Waals surface area contributed by atoms with Crippen LogP contribution in [0.3, 0.4) is 0 Å². The first-order valence-corrected chi connectivity index (χ1v) is 9.61. The minimum Gasteiger partial charge on any atom is -0.481 e. The monoisotopic (exact) mass is 402 g/mol. The van der Waals surface area contributed by atoms with Crippen LogP contribution in [-0.4, -0.2) is 51.0 Å². The fourth-order valence-electron chi connectivity index (χ4n) is 4.09. The van der Waals surface area contributed by atoms with Gasteiger partial charge in [0.25, 0.3) is 11.8 Å². The van der Waals surface area contributed by atoms with Crippen molar-refractivity contribution >= 4 is 23.8 Å². The Morgan fingerprint density at radius 1 is 1.14 bits per heavy atom. The number of carbonyl (C=O) groups is 4. The number of carboxylic acids is 1. The highest BCUT2D eigenvalue weighted by Crippen LogP contribution is 2.48. The number of hydrogen-bond acceptors (Lipinski definition) is 5. The van der Waals surface area contributed by atoms with Gasteiger partial charge in [0.2, 0.25) is 0 Å². The molecule has 2 atom stereocenters. The number of carboxylic acid groups (broad SMARTS) is 1. The molecule has 156 valence electrons. The average Bonchev–Trinajstić information content (AvgIpc) is 2.82. The number of rotatable bonds is 4. The molecule has 2 saturated heterocycles. The summed E-state index contributed by atoms with van der Waals surface area (Å²) in [5, 5.41) is 11.7. The van der Waals surface area contributed by atoms with Crippen LogP contribution in [0.2, 0.25) is 0 Å². The van der Waals surface area contributed by atoms with Crippen LogP contribution in [0.1, 0.15) is 52.5 Å². The lowest BCUT2D eigenvalue weighted by molar-refractivity contribution is -0.197. The highest BCUT2D eigenvalue weighted by molar-refractivity contribution is 6.13. The van der Waals surface area contributed by atoms with Crippen LogP contribution in [0.4, 0.5) is 0 Å². The summed E-state index contributed by atoms with van der Waals surface area (Å²) in [6.45, 7) is 6.76. The quantitative estimate of drug-likeness (QED) is 0.611. The fraction of sp³-hybridized carbons (Fsp3) is 0.524. The molecule has 29 heavy (non-hydrogen) atoms. The average molecular weight is 402 g/mol. The second kappa shape index (κ2) is 6.86. The first-order chi connectivity index (χ1) is 13.4. The molecular weight excluding hydrogens is 376 g/mol. The van der Waals surface area contributed by atoms with Crippen LogP contribution in [0, 0.1) is 5.41 Å². The lowest BCUT2D eigenvalue weighted by atomic mass is 9.81. The molecule has 2 fully saturated rings. The number of hydrazine groups is 1. The van der Waals surface area contributed by atoms with Crippen molar-refractivity contribution in [3.05, 3.63) is 35.9 Å². The molecular formula is C21H26N2O6. The maximum atomic E-state index is 13.5. The van der Waals surface area contributed by atoms with Crippen molar-refractivity contribution in [2.45, 2.75) is 58.1 Å². The van der Waals surface area contributed by atoms with Crippen molar-refractivity contribution in [3.8, 4) is 0 Å². The summed E-state index contributed by atoms with van der Waals surface area (Å²) in [6.07, 6.45) is 0.0915. The van der Waals surface area contributed by atoms with E-state index in [1.807, 2.05) is 0 Å². The zero-order chi connectivity index (χ0) is 21.6. The topological polar surface area (TPSA) is 104 Å². The summed E-state index contributed by atoms with van der Waals surface area (Å²) in [7, 11) is 0. The predicted molar refractivity (Wildman–Crippen MR) is 102 cm³/mol. The van der Waals surface area contributed by atoms with Gasteiger partial charge in [-0.15, -0.1) is 0 Å². The third-order valence-electron chi connectivity index (χ3n) is 5.38. The highest BCUT2D eigenvalue weighted by Gasteiger charge is 2.66. The zero-order valence-corrected chi connectivity index (χ0v) is 17.1. The van der Waals surface area contributed by atoms with E-state index in [-0.39, 0.29) is 13.0 Å². The summed E-state index contributed by atoms with van der Waals surface area (Å²) in [5.41, 5.74) is -3.58. The molecule has 1 aromatic carbocycles. The van der Waals surface area contributed by atoms with E-state index in [1.165, 1.54) is 11.9 Å². The molecule has 0 spiro atoms. The van der Waals surface area contributed by atoms with Gasteiger partial charge >= 0.3 is 11.9 Å². The van der Waals surface area contributed by atoms with Gasteiger partial charge in [-0.1, -0.05) is 30.3 Å². The van der Waals surface area contributed by atoms with Crippen molar-refractivity contribution in [3.63, 3.8) is 0 Å². The van der Waals surface area contributed by atoms with E-state index in [4.69, 9.17) is 4.74 Å². The van der Waals surface area contributed by atoms with Crippen LogP contribution in [-0.2, 0) is 29.5 Å². The smallest absolute Gasteiger partial charge is 0.339 e. The second-order valence-electron chi connectivity index (χ2n) is 8.78. The van der Waals surface area contributed by atoms with E-state index in [0.717, 1.165) is 5.01 Å². The Morgan fingerprint density at radius 3 is 2.31 bits per heavy atom. The summed E-state index contributed by atoms with van der Waals surface area (Å²) >= 11 is 0. The van der Waals surface area contributed by atoms with Gasteiger partial charge in [-0.3, -0.25) is 14.4 Å². The molecule has 2 amide bonds. The molecule has 0 bridgehead atoms. The van der Waals surface area contributed by atoms with Gasteiger partial charge in [-0.25, -0.2) is 14.8 Å². The molecule has 2 heterocycles. The first kappa shape index (κ1) is 20.8. The Labute approximate surface area is 169 Å². The van der Waals surface area contributed by atoms with Crippen molar-refractivity contribution < 1.29 is 29.0 Å². The number of fused-ring (bicyclic) bond motifs is 1. The normalized spacial score (nSPS) is 27.0. The molecule has 2 aliphatic heterocycles. The van der Waals surface area contributed by atoms with Gasteiger partial charge in [0.05, 0.1) is 6.42 Å². The molecule has 0 aliphatic carbocycles. The number of ether oxygens (including phenoxy) is 1. The van der Waals surface area contributed by atoms with Gasteiger partial charge in [-0.2, -0.15) is 0 Å². The number of carbonyl (C=O) groups excluding carboxylic acids is 3. The van der Waals surface area contributed by atoms with Crippen molar-refractivity contribution in [1.29, 1.82) is 0 Å². The summed E-state index contributed by atoms with van der Waals surface area (Å²) in [6, 6.07) is 8.73. The summed E-state index contributed by atoms with van der Waals surface area (Å²) in [4.78, 5) is 51.4. The molecule has 1 aromatic rings. The minimum atomic E-state index is -1.77. The molecule has 2 unspecified atom stereocenters. The Kier molecular flexibility index (Phi) is 4.93. The SMILES string of the molecule is CC(C)(C)OC(=O)C1(c2ccccc2)CCCN2C(=O)C(C)(CC(=O)O)C(=O)N21. The number of hydrogen-bond donors (Lipinski definition) is 1. The molecule has 2 aliphatic rings. The Hall–Kier alpha value is -2.90. The van der Waals surface area contributed by atoms with Crippen molar-refractivity contribution in [2.75, 3.05) is 6.54 Å². The van der Waals surface area contributed by atoms with Crippen LogP contribution in [0.25, 0.3) is 0 Å². The molecule has 3 rings (SSSR count). The fourth-order valence-corrected chi connectivity index (χ4v) is 4.09. The zero-order valence-electron chi connectivity index (χ0n) is 17.1. The van der Waals surface area contributed by atoms with E-state index >= 15 is 0 Å². The second-order valence-corrected chi connectivity index (χ2v) is 8.78. The number of nitrogens with zero attached hydrogens (tertiary/aromatic N) is 2. The lowest BCUT2D eigenvalue weighted by Gasteiger charge is -2.48. The third kappa shape index (κ3) is 3.26. The molecule has 8 heteroatoms. The van der Waals surface area contributed by atoms with E-state index < -0.39 is 46.7 Å². The van der Waals surface area contributed by atoms with Crippen LogP contribution < -0.4 is 0 Å². The van der Waals surface area contributed by atoms with E-state index in [9.17, 15) is 24.3 Å². The standard InChI is InChI=1S/C21H26N2O6/c1-19(2,3)29-18(28)21(14-9-6-5-7-10-14)11-8-12-22-16(26)20(4,13-15(24)25)17(27)23(21)22/h5-7,9-10H,8,11-13H2,1-4H3,(H,24,25). The van der Waals surface area contributed by atoms with Gasteiger partial charge in [0.15, 0.2) is 5.54 Å². The predicted octanol–water partition coefficient (Wildman–Crippen LogP) is 2.08. The Bertz CT molecular complexity index is 862. The molecule has 1 N–H and O–H groups in total. The van der Waals surface area contributed by atoms with Crippen LogP contribution in [0.5, 0.6) is 0 Å². The van der Waals surface area contributed by atoms with Gasteiger partial charge in [-0.05, 0) is 46.1 Å². The van der Waals surface area contributed by atoms with Crippen molar-refractivity contribution in [2.24, 2.45) is 5.41 Å². The maximum Gasteiger partial charge on any atom is 0.339 e. The number of amides is 2. The van der Waals surface area contributed by atoms with Crippen LogP contribution >= 0.6 is 0 Å². The number of esters is 1. The van der Waals surface area contributed by atoms with Crippen LogP contribution in [0.15, 0.2) is 30.3 Å². The largest absolute Gasteiger partial charge is 0.481 e. The Balaban J connectivity index is 2.19. The highest BCUT2D eigenvalue weighted by atomic mass is 16.6. The maximum absolute atomic E-state index is 13.5. The minimum absolute atomic E-state index is 0.233. The van der Waals surface area contributed by atoms with Gasteiger partial charge in [0, 0.05) is 6.54 Å². The van der Waals surface area contributed by atoms with Gasteiger partial charge in [0.1, 0.15) is 11.0 Å². The summed E-state index contributed by atoms with van der Waals surface area (Å²) in [5.74, 6) is -3.19. The number of benzene rings is 1. The van der Waals surface area contributed by atoms with Crippen molar-refractivity contribution in [1.82, 2.24) is 10.0 Å². The van der Waals surface area contributed by atoms with E-state index in [1.54, 1.807) is 51.1 Å². The summed E-state index contributed by atoms with van der Waals surface area (Å²) < 4.78 is 5.69. The molecule has 8 nitrogen and oxygen atoms in total. The van der Waals surface area contributed by atoms with Gasteiger partial charge < -0.3 is 9.84 Å². The van der Waals surface area contributed by atoms with E-state index in [2.05, 4.69) is 0 Å².